The van der Waals surface area contributed by atoms with E-state index >= 15 is 0 Å². The fourth-order valence-electron chi connectivity index (χ4n) is 7.24. The Morgan fingerprint density at radius 3 is 2.59 bits per heavy atom. The molecule has 0 amide bonds. The van der Waals surface area contributed by atoms with Gasteiger partial charge in [0.2, 0.25) is 0 Å². The molecule has 182 valence electrons. The van der Waals surface area contributed by atoms with Crippen LogP contribution in [0.3, 0.4) is 0 Å². The van der Waals surface area contributed by atoms with Gasteiger partial charge < -0.3 is 15.3 Å². The zero-order chi connectivity index (χ0) is 23.5. The maximum atomic E-state index is 10.6. The summed E-state index contributed by atoms with van der Waals surface area (Å²) in [5, 5.41) is 30.9. The van der Waals surface area contributed by atoms with Gasteiger partial charge in [-0.05, 0) is 92.1 Å². The predicted molar refractivity (Wildman–Crippen MR) is 133 cm³/mol. The SMILES string of the molecule is C=C1/C(=C\C=C2/CCC[C@]3(C)[C@@H]([C@@H](C)CCCC(O)(CC)CC)CC[C@@H]23)C[C@@H](O)C[C@@H]1O. The second kappa shape index (κ2) is 10.6. The third-order valence-electron chi connectivity index (χ3n) is 9.61. The lowest BCUT2D eigenvalue weighted by Crippen LogP contribution is -2.36. The average molecular weight is 445 g/mol. The van der Waals surface area contributed by atoms with E-state index in [-0.39, 0.29) is 0 Å². The van der Waals surface area contributed by atoms with Gasteiger partial charge in [-0.3, -0.25) is 0 Å². The molecule has 0 saturated heterocycles. The van der Waals surface area contributed by atoms with Crippen LogP contribution in [0.1, 0.15) is 105 Å². The zero-order valence-electron chi connectivity index (χ0n) is 21.1. The summed E-state index contributed by atoms with van der Waals surface area (Å²) in [5.74, 6) is 2.10. The molecule has 3 heteroatoms. The summed E-state index contributed by atoms with van der Waals surface area (Å²) >= 11 is 0. The first-order valence-electron chi connectivity index (χ1n) is 13.3. The Labute approximate surface area is 196 Å². The Bertz CT molecular complexity index is 716. The summed E-state index contributed by atoms with van der Waals surface area (Å²) in [4.78, 5) is 0. The molecule has 6 atom stereocenters. The highest BCUT2D eigenvalue weighted by molar-refractivity contribution is 5.38. The molecular formula is C29H48O3. The van der Waals surface area contributed by atoms with Crippen LogP contribution in [-0.2, 0) is 0 Å². The molecule has 0 aromatic carbocycles. The van der Waals surface area contributed by atoms with Gasteiger partial charge in [-0.25, -0.2) is 0 Å². The first kappa shape index (κ1) is 25.7. The molecule has 0 aliphatic heterocycles. The summed E-state index contributed by atoms with van der Waals surface area (Å²) in [7, 11) is 0. The fourth-order valence-corrected chi connectivity index (χ4v) is 7.24. The Hall–Kier alpha value is -0.900. The highest BCUT2D eigenvalue weighted by atomic mass is 16.3. The second-order valence-electron chi connectivity index (χ2n) is 11.5. The normalized spacial score (nSPS) is 37.2. The van der Waals surface area contributed by atoms with Crippen molar-refractivity contribution in [3.63, 3.8) is 0 Å². The molecule has 0 aromatic rings. The lowest BCUT2D eigenvalue weighted by atomic mass is 9.60. The van der Waals surface area contributed by atoms with E-state index in [4.69, 9.17) is 0 Å². The van der Waals surface area contributed by atoms with Crippen molar-refractivity contribution < 1.29 is 15.3 Å². The lowest BCUT2D eigenvalue weighted by Gasteiger charge is -2.44. The van der Waals surface area contributed by atoms with E-state index in [2.05, 4.69) is 46.4 Å². The number of hydrogen-bond donors (Lipinski definition) is 3. The highest BCUT2D eigenvalue weighted by Crippen LogP contribution is 2.60. The summed E-state index contributed by atoms with van der Waals surface area (Å²) in [6.45, 7) is 13.3. The molecule has 0 bridgehead atoms. The first-order valence-corrected chi connectivity index (χ1v) is 13.3. The summed E-state index contributed by atoms with van der Waals surface area (Å²) in [5.41, 5.74) is 3.26. The average Bonchev–Trinajstić information content (AvgIpc) is 3.12. The van der Waals surface area contributed by atoms with Crippen molar-refractivity contribution in [2.75, 3.05) is 0 Å². The van der Waals surface area contributed by atoms with Crippen molar-refractivity contribution >= 4 is 0 Å². The molecule has 3 N–H and O–H groups in total. The van der Waals surface area contributed by atoms with E-state index in [0.29, 0.717) is 30.1 Å². The molecule has 0 unspecified atom stereocenters. The van der Waals surface area contributed by atoms with Gasteiger partial charge >= 0.3 is 0 Å². The van der Waals surface area contributed by atoms with Gasteiger partial charge in [0, 0.05) is 6.42 Å². The van der Waals surface area contributed by atoms with E-state index in [0.717, 1.165) is 42.7 Å². The molecule has 3 nitrogen and oxygen atoms in total. The Kier molecular flexibility index (Phi) is 8.50. The monoisotopic (exact) mass is 444 g/mol. The van der Waals surface area contributed by atoms with Gasteiger partial charge in [0.1, 0.15) is 0 Å². The van der Waals surface area contributed by atoms with E-state index in [1.807, 2.05) is 0 Å². The first-order chi connectivity index (χ1) is 15.1. The molecule has 3 rings (SSSR count). The molecule has 32 heavy (non-hydrogen) atoms. The summed E-state index contributed by atoms with van der Waals surface area (Å²) < 4.78 is 0. The topological polar surface area (TPSA) is 60.7 Å². The highest BCUT2D eigenvalue weighted by Gasteiger charge is 2.50. The van der Waals surface area contributed by atoms with Crippen molar-refractivity contribution in [3.05, 3.63) is 35.5 Å². The number of aliphatic hydroxyl groups excluding tert-OH is 2. The van der Waals surface area contributed by atoms with Crippen molar-refractivity contribution in [2.24, 2.45) is 23.2 Å². The van der Waals surface area contributed by atoms with Crippen LogP contribution in [0.15, 0.2) is 35.5 Å². The van der Waals surface area contributed by atoms with Crippen molar-refractivity contribution in [2.45, 2.75) is 123 Å². The third kappa shape index (κ3) is 5.42. The minimum absolute atomic E-state index is 0.371. The van der Waals surface area contributed by atoms with Crippen LogP contribution in [-0.4, -0.2) is 33.1 Å². The molecule has 3 saturated carbocycles. The molecule has 3 aliphatic carbocycles. The number of rotatable bonds is 8. The van der Waals surface area contributed by atoms with Crippen LogP contribution in [0.25, 0.3) is 0 Å². The number of allylic oxidation sites excluding steroid dienone is 3. The molecule has 0 aromatic heterocycles. The van der Waals surface area contributed by atoms with Crippen molar-refractivity contribution in [3.8, 4) is 0 Å². The maximum Gasteiger partial charge on any atom is 0.0811 e. The lowest BCUT2D eigenvalue weighted by molar-refractivity contribution is 0.0178. The number of hydrogen-bond acceptors (Lipinski definition) is 3. The molecule has 0 spiro atoms. The van der Waals surface area contributed by atoms with Crippen molar-refractivity contribution in [1.82, 2.24) is 0 Å². The van der Waals surface area contributed by atoms with Gasteiger partial charge in [-0.2, -0.15) is 0 Å². The maximum absolute atomic E-state index is 10.6. The smallest absolute Gasteiger partial charge is 0.0811 e. The van der Waals surface area contributed by atoms with E-state index in [1.54, 1.807) is 5.57 Å². The van der Waals surface area contributed by atoms with Crippen molar-refractivity contribution in [1.29, 1.82) is 0 Å². The van der Waals surface area contributed by atoms with Crippen LogP contribution < -0.4 is 0 Å². The van der Waals surface area contributed by atoms with Gasteiger partial charge in [0.05, 0.1) is 17.8 Å². The van der Waals surface area contributed by atoms with E-state index in [9.17, 15) is 15.3 Å². The third-order valence-corrected chi connectivity index (χ3v) is 9.61. The molecule has 3 fully saturated rings. The van der Waals surface area contributed by atoms with Crippen LogP contribution in [0, 0.1) is 23.2 Å². The number of aliphatic hydroxyl groups is 3. The van der Waals surface area contributed by atoms with Crippen LogP contribution in [0.4, 0.5) is 0 Å². The van der Waals surface area contributed by atoms with Gasteiger partial charge in [0.25, 0.3) is 0 Å². The van der Waals surface area contributed by atoms with Gasteiger partial charge in [-0.15, -0.1) is 0 Å². The largest absolute Gasteiger partial charge is 0.393 e. The fraction of sp³-hybridized carbons (Fsp3) is 0.793. The van der Waals surface area contributed by atoms with E-state index in [1.165, 1.54) is 38.5 Å². The minimum atomic E-state index is -0.616. The van der Waals surface area contributed by atoms with E-state index < -0.39 is 17.8 Å². The molecule has 3 aliphatic rings. The van der Waals surface area contributed by atoms with Gasteiger partial charge in [-0.1, -0.05) is 64.8 Å². The predicted octanol–water partition coefficient (Wildman–Crippen LogP) is 6.48. The standard InChI is InChI=1S/C29H48O3/c1-6-29(32,7-2)17-8-10-20(3)25-14-15-26-22(11-9-16-28(25,26)5)12-13-23-18-24(30)19-27(31)21(23)4/h12-13,20,24-27,30-32H,4,6-11,14-19H2,1-3,5H3/b22-12+,23-13-/t20-,24+,25+,26-,27-,28+/m0/s1. The molecule has 0 heterocycles. The Balaban J connectivity index is 1.67. The minimum Gasteiger partial charge on any atom is -0.393 e. The Morgan fingerprint density at radius 2 is 1.91 bits per heavy atom. The summed E-state index contributed by atoms with van der Waals surface area (Å²) in [6.07, 6.45) is 15.7. The Morgan fingerprint density at radius 1 is 1.19 bits per heavy atom. The van der Waals surface area contributed by atoms with Crippen LogP contribution in [0.5, 0.6) is 0 Å². The zero-order valence-corrected chi connectivity index (χ0v) is 21.1. The summed E-state index contributed by atoms with van der Waals surface area (Å²) in [6, 6.07) is 0. The van der Waals surface area contributed by atoms with Crippen LogP contribution in [0.2, 0.25) is 0 Å². The molecular weight excluding hydrogens is 396 g/mol. The molecule has 0 radical (unpaired) electrons. The second-order valence-corrected chi connectivity index (χ2v) is 11.5. The quantitative estimate of drug-likeness (QED) is 0.401. The van der Waals surface area contributed by atoms with Gasteiger partial charge in [0.15, 0.2) is 0 Å². The number of fused-ring (bicyclic) bond motifs is 1. The van der Waals surface area contributed by atoms with Crippen LogP contribution >= 0.6 is 0 Å².